The summed E-state index contributed by atoms with van der Waals surface area (Å²) in [7, 11) is 0. The molecule has 0 nitrogen and oxygen atoms in total. The van der Waals surface area contributed by atoms with Gasteiger partial charge in [0.05, 0.1) is 0 Å². The van der Waals surface area contributed by atoms with Gasteiger partial charge in [0.25, 0.3) is 0 Å². The fraction of sp³-hybridized carbons (Fsp3) is 0.857. The second-order valence-corrected chi connectivity index (χ2v) is 1.41. The predicted molar refractivity (Wildman–Crippen MR) is 75.1 cm³/mol. The Morgan fingerprint density at radius 3 is 0.500 bits per heavy atom. The Kier molecular flexibility index (Phi) is 262. The van der Waals surface area contributed by atoms with Crippen LogP contribution in [0.2, 0.25) is 0 Å². The smallest absolute Gasteiger partial charge is 0.0533 e. The average Bonchev–Trinajstić information content (AvgIpc) is 2.29. The van der Waals surface area contributed by atoms with E-state index in [-0.39, 0.29) is 0 Å². The van der Waals surface area contributed by atoms with E-state index in [0.717, 1.165) is 0 Å². The van der Waals surface area contributed by atoms with E-state index in [0.29, 0.717) is 0 Å². The quantitative estimate of drug-likeness (QED) is 0.397. The average molecular weight is 204 g/mol. The van der Waals surface area contributed by atoms with Gasteiger partial charge in [0.2, 0.25) is 0 Å². The second kappa shape index (κ2) is 126. The molecule has 0 N–H and O–H groups in total. The Morgan fingerprint density at radius 2 is 0.500 bits per heavy atom. The molecule has 1 saturated carbocycles. The summed E-state index contributed by atoms with van der Waals surface area (Å²) in [6.07, 6.45) is 6.00. The molecule has 0 unspecified atom stereocenters. The molecule has 0 heterocycles. The van der Waals surface area contributed by atoms with Crippen LogP contribution in [-0.2, 0) is 0 Å². The molecular formula is C14H36. The number of rotatable bonds is 0. The molecule has 0 saturated heterocycles. The maximum Gasteiger partial charge on any atom is -0.0533 e. The lowest BCUT2D eigenvalue weighted by molar-refractivity contribution is 0.504. The molecule has 0 bridgehead atoms. The van der Waals surface area contributed by atoms with Crippen molar-refractivity contribution in [2.75, 3.05) is 0 Å². The van der Waals surface area contributed by atoms with E-state index in [2.05, 4.69) is 13.2 Å². The van der Waals surface area contributed by atoms with Crippen LogP contribution in [0.25, 0.3) is 0 Å². The van der Waals surface area contributed by atoms with E-state index in [1.54, 1.807) is 0 Å². The molecule has 0 radical (unpaired) electrons. The van der Waals surface area contributed by atoms with Gasteiger partial charge in [-0.05, 0) is 0 Å². The summed E-state index contributed by atoms with van der Waals surface area (Å²) in [4.78, 5) is 0. The minimum absolute atomic E-state index is 1.50. The normalized spacial score (nSPS) is 8.86. The fourth-order valence-electron chi connectivity index (χ4n) is 0.250. The first-order chi connectivity index (χ1) is 7.00. The Balaban J connectivity index is -0.0000000245. The highest BCUT2D eigenvalue weighted by Gasteiger charge is 1.95. The van der Waals surface area contributed by atoms with Crippen molar-refractivity contribution in [2.24, 2.45) is 0 Å². The van der Waals surface area contributed by atoms with Crippen LogP contribution in [-0.4, -0.2) is 0 Å². The summed E-state index contributed by atoms with van der Waals surface area (Å²) in [6.45, 7) is 22.0. The topological polar surface area (TPSA) is 0 Å². The van der Waals surface area contributed by atoms with Gasteiger partial charge in [0.15, 0.2) is 0 Å². The molecule has 1 aliphatic carbocycles. The molecule has 1 fully saturated rings. The van der Waals surface area contributed by atoms with Gasteiger partial charge in [-0.15, -0.1) is 13.2 Å². The Hall–Kier alpha value is -0.260. The van der Waals surface area contributed by atoms with Gasteiger partial charge in [0, 0.05) is 0 Å². The second-order valence-electron chi connectivity index (χ2n) is 1.41. The van der Waals surface area contributed by atoms with E-state index < -0.39 is 0 Å². The lowest BCUT2D eigenvalue weighted by Gasteiger charge is -2.05. The van der Waals surface area contributed by atoms with Crippen molar-refractivity contribution in [3.8, 4) is 0 Å². The summed E-state index contributed by atoms with van der Waals surface area (Å²) in [5.41, 5.74) is 0. The highest BCUT2D eigenvalue weighted by atomic mass is 14.0. The molecule has 0 aliphatic heterocycles. The summed E-state index contributed by atoms with van der Waals surface area (Å²) in [5.74, 6) is 0. The molecule has 14 heavy (non-hydrogen) atoms. The standard InChI is InChI=1S/C4H8.4C2H6.C2H4/c1-2-4-3-1;5*1-2/h1-4H2;4*1-2H3;1-2H2. The molecule has 0 spiro atoms. The first kappa shape index (κ1) is 29.2. The largest absolute Gasteiger partial charge is 0.106 e. The molecule has 92 valence electrons. The summed E-state index contributed by atoms with van der Waals surface area (Å²) in [6, 6.07) is 0. The van der Waals surface area contributed by atoms with E-state index in [1.165, 1.54) is 25.7 Å². The van der Waals surface area contributed by atoms with Crippen LogP contribution in [0.4, 0.5) is 0 Å². The van der Waals surface area contributed by atoms with E-state index in [9.17, 15) is 0 Å². The highest BCUT2D eigenvalue weighted by molar-refractivity contribution is 4.50. The Morgan fingerprint density at radius 1 is 0.429 bits per heavy atom. The van der Waals surface area contributed by atoms with Crippen LogP contribution >= 0.6 is 0 Å². The molecule has 1 aliphatic rings. The fourth-order valence-corrected chi connectivity index (χ4v) is 0.250. The van der Waals surface area contributed by atoms with Gasteiger partial charge >= 0.3 is 0 Å². The van der Waals surface area contributed by atoms with Gasteiger partial charge in [-0.2, -0.15) is 0 Å². The highest BCUT2D eigenvalue weighted by Crippen LogP contribution is 2.15. The predicted octanol–water partition coefficient (Wildman–Crippen LogP) is 6.47. The number of hydrogen-bond donors (Lipinski definition) is 0. The van der Waals surface area contributed by atoms with Gasteiger partial charge < -0.3 is 0 Å². The van der Waals surface area contributed by atoms with Crippen LogP contribution in [0.5, 0.6) is 0 Å². The Bertz CT molecular complexity index is 15.2. The van der Waals surface area contributed by atoms with Gasteiger partial charge in [-0.25, -0.2) is 0 Å². The third kappa shape index (κ3) is 96.8. The van der Waals surface area contributed by atoms with Crippen molar-refractivity contribution < 1.29 is 0 Å². The van der Waals surface area contributed by atoms with Crippen molar-refractivity contribution in [2.45, 2.75) is 81.1 Å². The van der Waals surface area contributed by atoms with Gasteiger partial charge in [-0.1, -0.05) is 81.1 Å². The summed E-state index contributed by atoms with van der Waals surface area (Å²) >= 11 is 0. The van der Waals surface area contributed by atoms with E-state index in [4.69, 9.17) is 0 Å². The zero-order valence-corrected chi connectivity index (χ0v) is 12.2. The van der Waals surface area contributed by atoms with Crippen LogP contribution < -0.4 is 0 Å². The van der Waals surface area contributed by atoms with Crippen molar-refractivity contribution >= 4 is 0 Å². The molecule has 0 aromatic rings. The molecule has 1 rings (SSSR count). The lowest BCUT2D eigenvalue weighted by Crippen LogP contribution is -1.85. The third-order valence-corrected chi connectivity index (χ3v) is 1.000. The van der Waals surface area contributed by atoms with Gasteiger partial charge in [-0.3, -0.25) is 0 Å². The van der Waals surface area contributed by atoms with Crippen LogP contribution in [0.1, 0.15) is 81.1 Å². The van der Waals surface area contributed by atoms with Crippen LogP contribution in [0, 0.1) is 0 Å². The van der Waals surface area contributed by atoms with E-state index in [1.807, 2.05) is 55.4 Å². The zero-order chi connectivity index (χ0) is 12.8. The molecule has 0 heteroatoms. The molecule has 0 amide bonds. The van der Waals surface area contributed by atoms with Gasteiger partial charge in [0.1, 0.15) is 0 Å². The lowest BCUT2D eigenvalue weighted by atomic mass is 10.0. The van der Waals surface area contributed by atoms with Crippen LogP contribution in [0.3, 0.4) is 0 Å². The molecule has 0 aromatic carbocycles. The van der Waals surface area contributed by atoms with Crippen molar-refractivity contribution in [1.82, 2.24) is 0 Å². The number of hydrogen-bond acceptors (Lipinski definition) is 0. The summed E-state index contributed by atoms with van der Waals surface area (Å²) < 4.78 is 0. The summed E-state index contributed by atoms with van der Waals surface area (Å²) in [5, 5.41) is 0. The van der Waals surface area contributed by atoms with Crippen molar-refractivity contribution in [1.29, 1.82) is 0 Å². The minimum Gasteiger partial charge on any atom is -0.106 e. The minimum atomic E-state index is 1.50. The zero-order valence-electron chi connectivity index (χ0n) is 12.2. The first-order valence-electron chi connectivity index (χ1n) is 6.50. The maximum atomic E-state index is 3.00. The molecule has 0 aromatic heterocycles. The monoisotopic (exact) mass is 204 g/mol. The van der Waals surface area contributed by atoms with Crippen LogP contribution in [0.15, 0.2) is 13.2 Å². The molecule has 0 atom stereocenters. The first-order valence-corrected chi connectivity index (χ1v) is 6.50. The van der Waals surface area contributed by atoms with Crippen molar-refractivity contribution in [3.05, 3.63) is 13.2 Å². The van der Waals surface area contributed by atoms with E-state index >= 15 is 0 Å². The van der Waals surface area contributed by atoms with Crippen molar-refractivity contribution in [3.63, 3.8) is 0 Å². The Labute approximate surface area is 94.8 Å². The molecular weight excluding hydrogens is 168 g/mol. The maximum absolute atomic E-state index is 3.00. The SMILES string of the molecule is C1CCC1.C=C.CC.CC.CC.CC. The third-order valence-electron chi connectivity index (χ3n) is 1.000.